The van der Waals surface area contributed by atoms with Gasteiger partial charge in [0.25, 0.3) is 0 Å². The zero-order valence-corrected chi connectivity index (χ0v) is 19.6. The molecule has 2 heterocycles. The van der Waals surface area contributed by atoms with E-state index in [1.807, 2.05) is 0 Å². The van der Waals surface area contributed by atoms with Gasteiger partial charge in [0.15, 0.2) is 5.79 Å². The molecule has 4 aliphatic carbocycles. The average molecular weight is 415 g/mol. The van der Waals surface area contributed by atoms with E-state index in [0.29, 0.717) is 46.4 Å². The molecule has 0 aromatic heterocycles. The zero-order chi connectivity index (χ0) is 20.9. The van der Waals surface area contributed by atoms with Crippen molar-refractivity contribution in [2.75, 3.05) is 6.61 Å². The quantitative estimate of drug-likeness (QED) is 0.487. The fourth-order valence-electron chi connectivity index (χ4n) is 10.1. The lowest BCUT2D eigenvalue weighted by molar-refractivity contribution is -0.273. The smallest absolute Gasteiger partial charge is 0.171 e. The molecule has 4 saturated carbocycles. The van der Waals surface area contributed by atoms with Crippen molar-refractivity contribution < 1.29 is 14.3 Å². The van der Waals surface area contributed by atoms with Gasteiger partial charge in [-0.1, -0.05) is 27.7 Å². The van der Waals surface area contributed by atoms with Gasteiger partial charge < -0.3 is 9.47 Å². The van der Waals surface area contributed by atoms with Crippen LogP contribution in [-0.4, -0.2) is 24.3 Å². The molecule has 0 amide bonds. The van der Waals surface area contributed by atoms with E-state index in [4.69, 9.17) is 9.47 Å². The topological polar surface area (TPSA) is 35.5 Å². The van der Waals surface area contributed by atoms with Crippen molar-refractivity contribution in [2.45, 2.75) is 104 Å². The molecule has 0 bridgehead atoms. The largest absolute Gasteiger partial charge is 0.349 e. The standard InChI is InChI=1S/C27H42O3/c1-16-7-12-27(29-15-16)17(2)24-23(30-27)14-22-20-6-5-18-13-19(28)8-10-25(18,3)21(20)9-11-26(22,24)4/h16-18,20-24H,5-15H2,1-4H3/t16-,17+,18?,20?,21?,22?,23?,24?,25+,26+,27?/m1/s1. The third-order valence-corrected chi connectivity index (χ3v) is 11.7. The van der Waals surface area contributed by atoms with Crippen LogP contribution in [0.15, 0.2) is 0 Å². The lowest BCUT2D eigenvalue weighted by Gasteiger charge is -2.60. The van der Waals surface area contributed by atoms with Crippen LogP contribution in [0.25, 0.3) is 0 Å². The number of carbonyl (C=O) groups is 1. The van der Waals surface area contributed by atoms with Crippen LogP contribution >= 0.6 is 0 Å². The second-order valence-corrected chi connectivity index (χ2v) is 12.9. The lowest BCUT2D eigenvalue weighted by atomic mass is 9.44. The van der Waals surface area contributed by atoms with Crippen LogP contribution in [0.4, 0.5) is 0 Å². The molecule has 6 rings (SSSR count). The van der Waals surface area contributed by atoms with Crippen molar-refractivity contribution in [1.29, 1.82) is 0 Å². The first-order valence-electron chi connectivity index (χ1n) is 13.1. The van der Waals surface area contributed by atoms with Gasteiger partial charge in [-0.3, -0.25) is 4.79 Å². The van der Waals surface area contributed by atoms with E-state index < -0.39 is 0 Å². The van der Waals surface area contributed by atoms with Crippen LogP contribution in [0, 0.1) is 52.3 Å². The van der Waals surface area contributed by atoms with Crippen LogP contribution in [-0.2, 0) is 14.3 Å². The van der Waals surface area contributed by atoms with Crippen molar-refractivity contribution in [3.8, 4) is 0 Å². The molecular weight excluding hydrogens is 372 g/mol. The molecule has 2 aliphatic heterocycles. The van der Waals surface area contributed by atoms with Gasteiger partial charge in [0, 0.05) is 25.2 Å². The molecule has 6 aliphatic rings. The summed E-state index contributed by atoms with van der Waals surface area (Å²) in [5.41, 5.74) is 0.820. The van der Waals surface area contributed by atoms with Crippen LogP contribution in [0.3, 0.4) is 0 Å². The van der Waals surface area contributed by atoms with E-state index in [0.717, 1.165) is 50.0 Å². The van der Waals surface area contributed by atoms with Crippen molar-refractivity contribution in [2.24, 2.45) is 52.3 Å². The van der Waals surface area contributed by atoms with E-state index in [2.05, 4.69) is 27.7 Å². The Hall–Kier alpha value is -0.410. The van der Waals surface area contributed by atoms with Crippen LogP contribution in [0.1, 0.15) is 91.9 Å². The van der Waals surface area contributed by atoms with Gasteiger partial charge in [0.1, 0.15) is 5.78 Å². The van der Waals surface area contributed by atoms with Gasteiger partial charge >= 0.3 is 0 Å². The van der Waals surface area contributed by atoms with Crippen molar-refractivity contribution in [3.63, 3.8) is 0 Å². The number of rotatable bonds is 0. The molecule has 2 saturated heterocycles. The Morgan fingerprint density at radius 3 is 2.53 bits per heavy atom. The van der Waals surface area contributed by atoms with Crippen molar-refractivity contribution in [3.05, 3.63) is 0 Å². The van der Waals surface area contributed by atoms with Gasteiger partial charge in [-0.15, -0.1) is 0 Å². The molecule has 11 atom stereocenters. The van der Waals surface area contributed by atoms with Gasteiger partial charge in [-0.2, -0.15) is 0 Å². The van der Waals surface area contributed by atoms with Crippen LogP contribution in [0.5, 0.6) is 0 Å². The highest BCUT2D eigenvalue weighted by atomic mass is 16.7. The summed E-state index contributed by atoms with van der Waals surface area (Å²) in [6.07, 6.45) is 12.2. The second kappa shape index (κ2) is 6.56. The van der Waals surface area contributed by atoms with Crippen molar-refractivity contribution >= 4 is 5.78 Å². The number of fused-ring (bicyclic) bond motifs is 7. The monoisotopic (exact) mass is 414 g/mol. The normalized spacial score (nSPS) is 60.1. The van der Waals surface area contributed by atoms with E-state index in [1.165, 1.54) is 38.5 Å². The first-order valence-corrected chi connectivity index (χ1v) is 13.1. The molecule has 0 N–H and O–H groups in total. The lowest BCUT2D eigenvalue weighted by Crippen LogP contribution is -2.54. The average Bonchev–Trinajstić information content (AvgIpc) is 3.16. The Morgan fingerprint density at radius 1 is 0.933 bits per heavy atom. The third-order valence-electron chi connectivity index (χ3n) is 11.7. The predicted molar refractivity (Wildman–Crippen MR) is 117 cm³/mol. The van der Waals surface area contributed by atoms with Crippen LogP contribution in [0.2, 0.25) is 0 Å². The summed E-state index contributed by atoms with van der Waals surface area (Å²) in [4.78, 5) is 12.2. The number of hydrogen-bond donors (Lipinski definition) is 0. The van der Waals surface area contributed by atoms with E-state index >= 15 is 0 Å². The highest BCUT2D eigenvalue weighted by Gasteiger charge is 2.69. The molecule has 7 unspecified atom stereocenters. The van der Waals surface area contributed by atoms with E-state index in [-0.39, 0.29) is 5.79 Å². The summed E-state index contributed by atoms with van der Waals surface area (Å²) < 4.78 is 13.4. The SMILES string of the molecule is C[C@@H]1CCC2(OC1)OC1CC3C4CCC5CC(=O)CC[C@]5(C)C4CC[C@]3(C)C1[C@@H]2C. The zero-order valence-electron chi connectivity index (χ0n) is 19.6. The van der Waals surface area contributed by atoms with Gasteiger partial charge in [-0.05, 0) is 91.3 Å². The number of ether oxygens (including phenoxy) is 2. The first-order chi connectivity index (χ1) is 14.3. The first kappa shape index (κ1) is 20.2. The predicted octanol–water partition coefficient (Wildman–Crippen LogP) is 6.00. The van der Waals surface area contributed by atoms with Gasteiger partial charge in [-0.25, -0.2) is 0 Å². The maximum absolute atomic E-state index is 12.2. The maximum Gasteiger partial charge on any atom is 0.171 e. The summed E-state index contributed by atoms with van der Waals surface area (Å²) in [5, 5.41) is 0. The molecule has 0 aromatic rings. The molecule has 0 aromatic carbocycles. The Bertz CT molecular complexity index is 724. The molecule has 3 nitrogen and oxygen atoms in total. The Kier molecular flexibility index (Phi) is 4.42. The van der Waals surface area contributed by atoms with Gasteiger partial charge in [0.05, 0.1) is 12.7 Å². The van der Waals surface area contributed by atoms with E-state index in [1.54, 1.807) is 0 Å². The summed E-state index contributed by atoms with van der Waals surface area (Å²) in [5.74, 6) is 5.23. The molecule has 30 heavy (non-hydrogen) atoms. The summed E-state index contributed by atoms with van der Waals surface area (Å²) in [7, 11) is 0. The molecule has 1 spiro atoms. The number of ketones is 1. The van der Waals surface area contributed by atoms with Gasteiger partial charge in [0.2, 0.25) is 0 Å². The number of carbonyl (C=O) groups excluding carboxylic acids is 1. The molecule has 3 heteroatoms. The third kappa shape index (κ3) is 2.54. The Labute approximate surface area is 183 Å². The van der Waals surface area contributed by atoms with Crippen LogP contribution < -0.4 is 0 Å². The molecule has 6 fully saturated rings. The summed E-state index contributed by atoms with van der Waals surface area (Å²) in [6, 6.07) is 0. The van der Waals surface area contributed by atoms with E-state index in [9.17, 15) is 4.79 Å². The second-order valence-electron chi connectivity index (χ2n) is 12.9. The molecule has 0 radical (unpaired) electrons. The molecular formula is C27H42O3. The minimum atomic E-state index is -0.292. The number of hydrogen-bond acceptors (Lipinski definition) is 3. The summed E-state index contributed by atoms with van der Waals surface area (Å²) >= 11 is 0. The Balaban J connectivity index is 1.26. The minimum absolute atomic E-state index is 0.292. The van der Waals surface area contributed by atoms with Crippen molar-refractivity contribution in [1.82, 2.24) is 0 Å². The Morgan fingerprint density at radius 2 is 1.77 bits per heavy atom. The fourth-order valence-corrected chi connectivity index (χ4v) is 10.1. The highest BCUT2D eigenvalue weighted by Crippen LogP contribution is 2.71. The minimum Gasteiger partial charge on any atom is -0.349 e. The summed E-state index contributed by atoms with van der Waals surface area (Å²) in [6.45, 7) is 10.8. The molecule has 168 valence electrons. The number of Topliss-reactive ketones (excluding diaryl/α,β-unsaturated/α-hetero) is 1. The fraction of sp³-hybridized carbons (Fsp3) is 0.963. The highest BCUT2D eigenvalue weighted by molar-refractivity contribution is 5.79. The maximum atomic E-state index is 12.2.